The molecule has 0 amide bonds. The maximum atomic E-state index is 6.06. The zero-order valence-electron chi connectivity index (χ0n) is 12.3. The lowest BCUT2D eigenvalue weighted by Gasteiger charge is -2.27. The van der Waals surface area contributed by atoms with Crippen molar-refractivity contribution < 1.29 is 4.74 Å². The first-order valence-electron chi connectivity index (χ1n) is 7.21. The lowest BCUT2D eigenvalue weighted by molar-refractivity contribution is 0.0227. The van der Waals surface area contributed by atoms with Crippen LogP contribution in [0.3, 0.4) is 0 Å². The molecule has 0 radical (unpaired) electrons. The van der Waals surface area contributed by atoms with E-state index in [1.165, 1.54) is 17.7 Å². The first-order valence-corrected chi connectivity index (χ1v) is 8.09. The third-order valence-corrected chi connectivity index (χ3v) is 4.85. The number of likely N-dealkylation sites (N-methyl/N-ethyl adjacent to an activating group) is 2. The molecule has 1 saturated heterocycles. The van der Waals surface area contributed by atoms with E-state index in [1.807, 2.05) is 18.4 Å². The maximum Gasteiger partial charge on any atom is 0.0707 e. The second-order valence-corrected chi connectivity index (χ2v) is 6.62. The number of ether oxygens (including phenoxy) is 1. The molecule has 0 saturated carbocycles. The van der Waals surface area contributed by atoms with Crippen LogP contribution < -0.4 is 5.32 Å². The monoisotopic (exact) mass is 282 g/mol. The Morgan fingerprint density at radius 3 is 2.95 bits per heavy atom. The molecule has 0 aliphatic carbocycles. The molecule has 3 unspecified atom stereocenters. The third kappa shape index (κ3) is 4.56. The van der Waals surface area contributed by atoms with Gasteiger partial charge in [-0.2, -0.15) is 0 Å². The molecule has 108 valence electrons. The molecular formula is C15H26N2OS. The van der Waals surface area contributed by atoms with Gasteiger partial charge in [0.1, 0.15) is 0 Å². The quantitative estimate of drug-likeness (QED) is 0.831. The minimum Gasteiger partial charge on any atom is -0.372 e. The summed E-state index contributed by atoms with van der Waals surface area (Å²) < 4.78 is 6.06. The number of nitrogens with zero attached hydrogens (tertiary/aromatic N) is 1. The van der Waals surface area contributed by atoms with Gasteiger partial charge in [0.2, 0.25) is 0 Å². The number of thiophene rings is 1. The van der Waals surface area contributed by atoms with Gasteiger partial charge in [-0.15, -0.1) is 11.3 Å². The molecule has 1 aromatic heterocycles. The topological polar surface area (TPSA) is 24.5 Å². The third-order valence-electron chi connectivity index (χ3n) is 3.95. The Kier molecular flexibility index (Phi) is 5.82. The lowest BCUT2D eigenvalue weighted by Crippen LogP contribution is -2.37. The Bertz CT molecular complexity index is 355. The summed E-state index contributed by atoms with van der Waals surface area (Å²) in [6.07, 6.45) is 4.35. The molecule has 1 N–H and O–H groups in total. The van der Waals surface area contributed by atoms with Crippen LogP contribution in [0.2, 0.25) is 0 Å². The molecule has 0 aromatic carbocycles. The number of rotatable bonds is 7. The summed E-state index contributed by atoms with van der Waals surface area (Å²) in [5.74, 6) is 0. The summed E-state index contributed by atoms with van der Waals surface area (Å²) in [4.78, 5) is 3.91. The average molecular weight is 282 g/mol. The van der Waals surface area contributed by atoms with E-state index < -0.39 is 0 Å². The van der Waals surface area contributed by atoms with Gasteiger partial charge < -0.3 is 15.0 Å². The molecule has 1 aromatic rings. The summed E-state index contributed by atoms with van der Waals surface area (Å²) in [5.41, 5.74) is 0. The first-order chi connectivity index (χ1) is 9.19. The van der Waals surface area contributed by atoms with Crippen LogP contribution in [0.4, 0.5) is 0 Å². The number of hydrogen-bond donors (Lipinski definition) is 1. The predicted molar refractivity (Wildman–Crippen MR) is 81.9 cm³/mol. The second-order valence-electron chi connectivity index (χ2n) is 5.59. The van der Waals surface area contributed by atoms with Crippen molar-refractivity contribution in [2.24, 2.45) is 0 Å². The highest BCUT2D eigenvalue weighted by Crippen LogP contribution is 2.21. The fourth-order valence-electron chi connectivity index (χ4n) is 2.67. The zero-order valence-corrected chi connectivity index (χ0v) is 13.1. The fourth-order valence-corrected chi connectivity index (χ4v) is 3.50. The van der Waals surface area contributed by atoms with Gasteiger partial charge >= 0.3 is 0 Å². The molecule has 3 nitrogen and oxygen atoms in total. The van der Waals surface area contributed by atoms with Gasteiger partial charge in [0.15, 0.2) is 0 Å². The van der Waals surface area contributed by atoms with Gasteiger partial charge in [0.25, 0.3) is 0 Å². The van der Waals surface area contributed by atoms with Crippen molar-refractivity contribution in [2.45, 2.75) is 44.4 Å². The maximum absolute atomic E-state index is 6.06. The molecule has 3 atom stereocenters. The lowest BCUT2D eigenvalue weighted by atomic mass is 10.1. The Labute approximate surface area is 121 Å². The van der Waals surface area contributed by atoms with E-state index in [2.05, 4.69) is 41.7 Å². The summed E-state index contributed by atoms with van der Waals surface area (Å²) >= 11 is 1.85. The van der Waals surface area contributed by atoms with E-state index in [0.717, 1.165) is 19.5 Å². The van der Waals surface area contributed by atoms with E-state index >= 15 is 0 Å². The Balaban J connectivity index is 1.73. The van der Waals surface area contributed by atoms with Gasteiger partial charge in [-0.05, 0) is 51.7 Å². The second kappa shape index (κ2) is 7.39. The number of hydrogen-bond acceptors (Lipinski definition) is 4. The molecule has 1 fully saturated rings. The van der Waals surface area contributed by atoms with Gasteiger partial charge in [-0.3, -0.25) is 0 Å². The molecule has 19 heavy (non-hydrogen) atoms. The minimum absolute atomic E-state index is 0.411. The van der Waals surface area contributed by atoms with Crippen molar-refractivity contribution in [3.63, 3.8) is 0 Å². The molecule has 2 heterocycles. The van der Waals surface area contributed by atoms with Crippen molar-refractivity contribution in [3.05, 3.63) is 22.4 Å². The summed E-state index contributed by atoms with van der Waals surface area (Å²) in [5, 5.41) is 5.36. The van der Waals surface area contributed by atoms with Crippen molar-refractivity contribution >= 4 is 11.3 Å². The van der Waals surface area contributed by atoms with Crippen LogP contribution in [0.5, 0.6) is 0 Å². The van der Waals surface area contributed by atoms with Crippen LogP contribution in [0, 0.1) is 0 Å². The van der Waals surface area contributed by atoms with Crippen molar-refractivity contribution in [1.29, 1.82) is 0 Å². The molecule has 1 aliphatic rings. The SMILES string of the molecule is CNCC1CCC(CN(C)C(C)Cc2cccs2)O1. The molecule has 2 rings (SSSR count). The fraction of sp³-hybridized carbons (Fsp3) is 0.733. The van der Waals surface area contributed by atoms with Gasteiger partial charge in [-0.25, -0.2) is 0 Å². The Morgan fingerprint density at radius 2 is 2.26 bits per heavy atom. The van der Waals surface area contributed by atoms with E-state index in [4.69, 9.17) is 4.74 Å². The van der Waals surface area contributed by atoms with Crippen molar-refractivity contribution in [2.75, 3.05) is 27.2 Å². The van der Waals surface area contributed by atoms with Crippen LogP contribution in [-0.2, 0) is 11.2 Å². The molecular weight excluding hydrogens is 256 g/mol. The van der Waals surface area contributed by atoms with E-state index in [1.54, 1.807) is 0 Å². The summed E-state index contributed by atoms with van der Waals surface area (Å²) in [6, 6.07) is 4.93. The van der Waals surface area contributed by atoms with Crippen LogP contribution in [-0.4, -0.2) is 50.3 Å². The van der Waals surface area contributed by atoms with Gasteiger partial charge in [-0.1, -0.05) is 6.07 Å². The first kappa shape index (κ1) is 15.0. The Morgan fingerprint density at radius 1 is 1.47 bits per heavy atom. The normalized spacial score (nSPS) is 25.1. The van der Waals surface area contributed by atoms with Crippen molar-refractivity contribution in [3.8, 4) is 0 Å². The highest BCUT2D eigenvalue weighted by atomic mass is 32.1. The highest BCUT2D eigenvalue weighted by molar-refractivity contribution is 7.09. The molecule has 0 spiro atoms. The Hall–Kier alpha value is -0.420. The summed E-state index contributed by atoms with van der Waals surface area (Å²) in [7, 11) is 4.21. The van der Waals surface area contributed by atoms with Gasteiger partial charge in [0.05, 0.1) is 12.2 Å². The number of nitrogens with one attached hydrogen (secondary N) is 1. The largest absolute Gasteiger partial charge is 0.372 e. The van der Waals surface area contributed by atoms with E-state index in [9.17, 15) is 0 Å². The van der Waals surface area contributed by atoms with Crippen LogP contribution in [0.1, 0.15) is 24.6 Å². The van der Waals surface area contributed by atoms with E-state index in [0.29, 0.717) is 18.2 Å². The summed E-state index contributed by atoms with van der Waals surface area (Å²) in [6.45, 7) is 4.33. The zero-order chi connectivity index (χ0) is 13.7. The standard InChI is InChI=1S/C15H26N2OS/c1-12(9-15-5-4-8-19-15)17(3)11-14-7-6-13(18-14)10-16-2/h4-5,8,12-14,16H,6-7,9-11H2,1-3H3. The smallest absolute Gasteiger partial charge is 0.0707 e. The molecule has 4 heteroatoms. The van der Waals surface area contributed by atoms with Gasteiger partial charge in [0, 0.05) is 24.0 Å². The van der Waals surface area contributed by atoms with Crippen molar-refractivity contribution in [1.82, 2.24) is 10.2 Å². The molecule has 1 aliphatic heterocycles. The van der Waals surface area contributed by atoms with Crippen LogP contribution in [0.25, 0.3) is 0 Å². The van der Waals surface area contributed by atoms with E-state index in [-0.39, 0.29) is 0 Å². The highest BCUT2D eigenvalue weighted by Gasteiger charge is 2.26. The average Bonchev–Trinajstić information content (AvgIpc) is 3.02. The van der Waals surface area contributed by atoms with Crippen LogP contribution >= 0.6 is 11.3 Å². The van der Waals surface area contributed by atoms with Crippen LogP contribution in [0.15, 0.2) is 17.5 Å². The predicted octanol–water partition coefficient (Wildman–Crippen LogP) is 2.38. The molecule has 0 bridgehead atoms. The minimum atomic E-state index is 0.411.